The number of benzene rings is 1. The zero-order valence-corrected chi connectivity index (χ0v) is 11.5. The summed E-state index contributed by atoms with van der Waals surface area (Å²) in [4.78, 5) is 8.56. The number of nitrogens with one attached hydrogen (secondary N) is 1. The number of nitrogens with zero attached hydrogens (tertiary/aromatic N) is 2. The van der Waals surface area contributed by atoms with Crippen molar-refractivity contribution in [2.24, 2.45) is 0 Å². The van der Waals surface area contributed by atoms with Crippen LogP contribution in [0.4, 0.5) is 4.39 Å². The van der Waals surface area contributed by atoms with Crippen LogP contribution in [0.25, 0.3) is 11.4 Å². The molecule has 2 rings (SSSR count). The number of aromatic nitrogens is 2. The van der Waals surface area contributed by atoms with Crippen molar-refractivity contribution in [3.05, 3.63) is 46.4 Å². The van der Waals surface area contributed by atoms with Crippen LogP contribution in [0.2, 0.25) is 0 Å². The van der Waals surface area contributed by atoms with Gasteiger partial charge >= 0.3 is 0 Å². The molecule has 0 aliphatic rings. The fourth-order valence-corrected chi connectivity index (χ4v) is 1.88. The van der Waals surface area contributed by atoms with E-state index in [0.29, 0.717) is 10.3 Å². The SMILES string of the molecule is CCNCc1cnc(-c2ccc(F)c(Br)c2)nc1. The predicted molar refractivity (Wildman–Crippen MR) is 72.5 cm³/mol. The molecule has 0 aliphatic heterocycles. The Morgan fingerprint density at radius 1 is 1.28 bits per heavy atom. The monoisotopic (exact) mass is 309 g/mol. The zero-order chi connectivity index (χ0) is 13.0. The second kappa shape index (κ2) is 6.02. The first-order chi connectivity index (χ1) is 8.70. The van der Waals surface area contributed by atoms with Gasteiger partial charge in [-0.05, 0) is 40.7 Å². The Morgan fingerprint density at radius 2 is 2.00 bits per heavy atom. The van der Waals surface area contributed by atoms with Gasteiger partial charge in [0, 0.05) is 30.1 Å². The highest BCUT2D eigenvalue weighted by molar-refractivity contribution is 9.10. The van der Waals surface area contributed by atoms with Crippen molar-refractivity contribution in [3.8, 4) is 11.4 Å². The third-order valence-corrected chi connectivity index (χ3v) is 3.07. The molecule has 0 fully saturated rings. The van der Waals surface area contributed by atoms with Gasteiger partial charge in [-0.1, -0.05) is 6.92 Å². The Kier molecular flexibility index (Phi) is 4.38. The average molecular weight is 310 g/mol. The topological polar surface area (TPSA) is 37.8 Å². The number of rotatable bonds is 4. The molecule has 18 heavy (non-hydrogen) atoms. The third kappa shape index (κ3) is 3.11. The number of hydrogen-bond donors (Lipinski definition) is 1. The summed E-state index contributed by atoms with van der Waals surface area (Å²) >= 11 is 3.15. The second-order valence-electron chi connectivity index (χ2n) is 3.82. The van der Waals surface area contributed by atoms with Crippen LogP contribution in [-0.2, 0) is 6.54 Å². The molecule has 0 radical (unpaired) electrons. The van der Waals surface area contributed by atoms with Crippen molar-refractivity contribution >= 4 is 15.9 Å². The van der Waals surface area contributed by atoms with E-state index >= 15 is 0 Å². The molecule has 3 nitrogen and oxygen atoms in total. The van der Waals surface area contributed by atoms with Gasteiger partial charge in [-0.25, -0.2) is 14.4 Å². The highest BCUT2D eigenvalue weighted by atomic mass is 79.9. The lowest BCUT2D eigenvalue weighted by molar-refractivity contribution is 0.621. The largest absolute Gasteiger partial charge is 0.313 e. The van der Waals surface area contributed by atoms with E-state index in [2.05, 4.69) is 31.2 Å². The summed E-state index contributed by atoms with van der Waals surface area (Å²) in [6.45, 7) is 3.71. The minimum absolute atomic E-state index is 0.289. The van der Waals surface area contributed by atoms with Gasteiger partial charge in [0.1, 0.15) is 5.82 Å². The lowest BCUT2D eigenvalue weighted by Gasteiger charge is -2.04. The van der Waals surface area contributed by atoms with Gasteiger partial charge in [0.25, 0.3) is 0 Å². The van der Waals surface area contributed by atoms with Gasteiger partial charge in [0.2, 0.25) is 0 Å². The Labute approximate surface area is 114 Å². The normalized spacial score (nSPS) is 10.6. The van der Waals surface area contributed by atoms with Crippen LogP contribution in [-0.4, -0.2) is 16.5 Å². The molecule has 1 N–H and O–H groups in total. The van der Waals surface area contributed by atoms with Gasteiger partial charge in [0.15, 0.2) is 5.82 Å². The van der Waals surface area contributed by atoms with E-state index in [9.17, 15) is 4.39 Å². The van der Waals surface area contributed by atoms with Crippen LogP contribution in [0.15, 0.2) is 35.1 Å². The van der Waals surface area contributed by atoms with Gasteiger partial charge in [-0.3, -0.25) is 0 Å². The highest BCUT2D eigenvalue weighted by Gasteiger charge is 2.05. The molecule has 5 heteroatoms. The lowest BCUT2D eigenvalue weighted by atomic mass is 10.2. The summed E-state index contributed by atoms with van der Waals surface area (Å²) in [5, 5.41) is 3.20. The molecule has 0 bridgehead atoms. The summed E-state index contributed by atoms with van der Waals surface area (Å²) in [5.74, 6) is 0.304. The van der Waals surface area contributed by atoms with Crippen LogP contribution in [0.5, 0.6) is 0 Å². The smallest absolute Gasteiger partial charge is 0.159 e. The molecule has 1 heterocycles. The first-order valence-electron chi connectivity index (χ1n) is 5.67. The third-order valence-electron chi connectivity index (χ3n) is 2.46. The fourth-order valence-electron chi connectivity index (χ4n) is 1.50. The Morgan fingerprint density at radius 3 is 2.61 bits per heavy atom. The quantitative estimate of drug-likeness (QED) is 0.942. The van der Waals surface area contributed by atoms with E-state index in [-0.39, 0.29) is 5.82 Å². The highest BCUT2D eigenvalue weighted by Crippen LogP contribution is 2.22. The summed E-state index contributed by atoms with van der Waals surface area (Å²) in [6.07, 6.45) is 3.56. The molecule has 0 atom stereocenters. The fraction of sp³-hybridized carbons (Fsp3) is 0.231. The first-order valence-corrected chi connectivity index (χ1v) is 6.47. The first kappa shape index (κ1) is 13.1. The molecular weight excluding hydrogens is 297 g/mol. The van der Waals surface area contributed by atoms with Crippen molar-refractivity contribution in [2.45, 2.75) is 13.5 Å². The number of hydrogen-bond acceptors (Lipinski definition) is 3. The van der Waals surface area contributed by atoms with Gasteiger partial charge in [-0.2, -0.15) is 0 Å². The molecule has 1 aromatic carbocycles. The van der Waals surface area contributed by atoms with E-state index in [1.807, 2.05) is 6.92 Å². The predicted octanol–water partition coefficient (Wildman–Crippen LogP) is 3.15. The Hall–Kier alpha value is -1.33. The standard InChI is InChI=1S/C13H13BrFN3/c1-2-16-6-9-7-17-13(18-8-9)10-3-4-12(15)11(14)5-10/h3-5,7-8,16H,2,6H2,1H3. The molecule has 1 aromatic heterocycles. The van der Waals surface area contributed by atoms with Crippen molar-refractivity contribution in [2.75, 3.05) is 6.54 Å². The van der Waals surface area contributed by atoms with Crippen molar-refractivity contribution in [1.82, 2.24) is 15.3 Å². The molecule has 2 aromatic rings. The summed E-state index contributed by atoms with van der Waals surface area (Å²) in [5.41, 5.74) is 1.82. The number of halogens is 2. The maximum absolute atomic E-state index is 13.1. The molecule has 0 spiro atoms. The van der Waals surface area contributed by atoms with Crippen molar-refractivity contribution < 1.29 is 4.39 Å². The Balaban J connectivity index is 2.20. The molecule has 0 saturated heterocycles. The van der Waals surface area contributed by atoms with E-state index in [1.54, 1.807) is 24.5 Å². The van der Waals surface area contributed by atoms with E-state index in [4.69, 9.17) is 0 Å². The molecule has 0 aliphatic carbocycles. The van der Waals surface area contributed by atoms with Gasteiger partial charge in [-0.15, -0.1) is 0 Å². The van der Waals surface area contributed by atoms with Crippen LogP contribution in [0.3, 0.4) is 0 Å². The average Bonchev–Trinajstić information content (AvgIpc) is 2.40. The lowest BCUT2D eigenvalue weighted by Crippen LogP contribution is -2.12. The summed E-state index contributed by atoms with van der Waals surface area (Å²) < 4.78 is 13.5. The maximum Gasteiger partial charge on any atom is 0.159 e. The molecule has 94 valence electrons. The minimum atomic E-state index is -0.289. The van der Waals surface area contributed by atoms with Gasteiger partial charge in [0.05, 0.1) is 4.47 Å². The van der Waals surface area contributed by atoms with Crippen molar-refractivity contribution in [3.63, 3.8) is 0 Å². The van der Waals surface area contributed by atoms with E-state index < -0.39 is 0 Å². The second-order valence-corrected chi connectivity index (χ2v) is 4.68. The summed E-state index contributed by atoms with van der Waals surface area (Å²) in [7, 11) is 0. The maximum atomic E-state index is 13.1. The Bertz CT molecular complexity index is 528. The van der Waals surface area contributed by atoms with Crippen LogP contribution < -0.4 is 5.32 Å². The van der Waals surface area contributed by atoms with E-state index in [1.165, 1.54) is 6.07 Å². The van der Waals surface area contributed by atoms with Crippen LogP contribution in [0.1, 0.15) is 12.5 Å². The van der Waals surface area contributed by atoms with Crippen LogP contribution in [0, 0.1) is 5.82 Å². The molecule has 0 amide bonds. The minimum Gasteiger partial charge on any atom is -0.313 e. The molecule has 0 saturated carbocycles. The van der Waals surface area contributed by atoms with Gasteiger partial charge < -0.3 is 5.32 Å². The summed E-state index contributed by atoms with van der Waals surface area (Å²) in [6, 6.07) is 4.74. The molecular formula is C13H13BrFN3. The van der Waals surface area contributed by atoms with E-state index in [0.717, 1.165) is 24.2 Å². The molecule has 0 unspecified atom stereocenters. The van der Waals surface area contributed by atoms with Crippen molar-refractivity contribution in [1.29, 1.82) is 0 Å². The zero-order valence-electron chi connectivity index (χ0n) is 9.95. The van der Waals surface area contributed by atoms with Crippen LogP contribution >= 0.6 is 15.9 Å².